The van der Waals surface area contributed by atoms with Crippen molar-refractivity contribution in [1.29, 1.82) is 0 Å². The predicted octanol–water partition coefficient (Wildman–Crippen LogP) is 1.19. The summed E-state index contributed by atoms with van der Waals surface area (Å²) in [6.45, 7) is 6.35. The highest BCUT2D eigenvalue weighted by atomic mass is 16.5. The van der Waals surface area contributed by atoms with E-state index in [4.69, 9.17) is 4.74 Å². The predicted molar refractivity (Wildman–Crippen MR) is 80.3 cm³/mol. The number of likely N-dealkylation sites (N-methyl/N-ethyl adjacent to an activating group) is 1. The van der Waals surface area contributed by atoms with Crippen LogP contribution in [0.25, 0.3) is 0 Å². The third-order valence-corrected chi connectivity index (χ3v) is 3.38. The molecule has 2 unspecified atom stereocenters. The number of carbonyl (C=O) groups is 2. The van der Waals surface area contributed by atoms with E-state index in [1.807, 2.05) is 39.0 Å². The fourth-order valence-electron chi connectivity index (χ4n) is 2.24. The second-order valence-electron chi connectivity index (χ2n) is 5.10. The van der Waals surface area contributed by atoms with E-state index in [1.165, 1.54) is 0 Å². The monoisotopic (exact) mass is 291 g/mol. The molecule has 1 aliphatic rings. The molecule has 6 heteroatoms. The van der Waals surface area contributed by atoms with Crippen LogP contribution in [0.4, 0.5) is 5.69 Å². The quantitative estimate of drug-likeness (QED) is 0.761. The molecule has 1 aliphatic heterocycles. The molecule has 0 fully saturated rings. The van der Waals surface area contributed by atoms with E-state index in [1.54, 1.807) is 0 Å². The molecule has 114 valence electrons. The number of nitrogens with one attached hydrogen (secondary N) is 3. The standard InChI is InChI=1S/C15H21N3O3/c1-4-16-15(20)10(3)17-9(2)11-5-6-13-12(7-11)18-14(19)8-21-13/h5-7,9-10,17H,4,8H2,1-3H3,(H,16,20)(H,18,19). The molecule has 0 aromatic heterocycles. The van der Waals surface area contributed by atoms with Crippen LogP contribution in [0.5, 0.6) is 5.75 Å². The van der Waals surface area contributed by atoms with Crippen LogP contribution in [0, 0.1) is 0 Å². The number of hydrogen-bond acceptors (Lipinski definition) is 4. The van der Waals surface area contributed by atoms with Crippen LogP contribution in [0.3, 0.4) is 0 Å². The van der Waals surface area contributed by atoms with Gasteiger partial charge in [-0.1, -0.05) is 6.07 Å². The van der Waals surface area contributed by atoms with Crippen LogP contribution in [0.2, 0.25) is 0 Å². The molecule has 6 nitrogen and oxygen atoms in total. The summed E-state index contributed by atoms with van der Waals surface area (Å²) >= 11 is 0. The maximum absolute atomic E-state index is 11.7. The second-order valence-corrected chi connectivity index (χ2v) is 5.10. The third-order valence-electron chi connectivity index (χ3n) is 3.38. The molecule has 1 aromatic rings. The first-order valence-corrected chi connectivity index (χ1v) is 7.11. The minimum absolute atomic E-state index is 0.0215. The van der Waals surface area contributed by atoms with Crippen molar-refractivity contribution in [2.75, 3.05) is 18.5 Å². The van der Waals surface area contributed by atoms with Gasteiger partial charge in [0.2, 0.25) is 5.91 Å². The molecular weight excluding hydrogens is 270 g/mol. The Morgan fingerprint density at radius 2 is 2.19 bits per heavy atom. The Labute approximate surface area is 124 Å². The van der Waals surface area contributed by atoms with Crippen molar-refractivity contribution in [2.24, 2.45) is 0 Å². The van der Waals surface area contributed by atoms with E-state index in [9.17, 15) is 9.59 Å². The van der Waals surface area contributed by atoms with Gasteiger partial charge in [0.05, 0.1) is 11.7 Å². The first-order chi connectivity index (χ1) is 10.0. The van der Waals surface area contributed by atoms with Crippen molar-refractivity contribution in [2.45, 2.75) is 32.9 Å². The molecule has 0 bridgehead atoms. The van der Waals surface area contributed by atoms with Crippen molar-refractivity contribution in [1.82, 2.24) is 10.6 Å². The maximum atomic E-state index is 11.7. The zero-order chi connectivity index (χ0) is 15.4. The van der Waals surface area contributed by atoms with Crippen LogP contribution in [-0.4, -0.2) is 31.0 Å². The van der Waals surface area contributed by atoms with Gasteiger partial charge < -0.3 is 15.4 Å². The number of ether oxygens (including phenoxy) is 1. The molecular formula is C15H21N3O3. The number of anilines is 1. The van der Waals surface area contributed by atoms with Crippen LogP contribution >= 0.6 is 0 Å². The first-order valence-electron chi connectivity index (χ1n) is 7.11. The lowest BCUT2D eigenvalue weighted by molar-refractivity contribution is -0.122. The highest BCUT2D eigenvalue weighted by Crippen LogP contribution is 2.30. The number of amides is 2. The fraction of sp³-hybridized carbons (Fsp3) is 0.467. The van der Waals surface area contributed by atoms with E-state index in [0.29, 0.717) is 18.0 Å². The molecule has 1 aromatic carbocycles. The number of hydrogen-bond donors (Lipinski definition) is 3. The van der Waals surface area contributed by atoms with Crippen molar-refractivity contribution in [3.05, 3.63) is 23.8 Å². The van der Waals surface area contributed by atoms with E-state index < -0.39 is 0 Å². The van der Waals surface area contributed by atoms with Crippen molar-refractivity contribution in [3.63, 3.8) is 0 Å². The first kappa shape index (κ1) is 15.3. The van der Waals surface area contributed by atoms with Crippen LogP contribution in [-0.2, 0) is 9.59 Å². The molecule has 3 N–H and O–H groups in total. The van der Waals surface area contributed by atoms with Gasteiger partial charge in [-0.2, -0.15) is 0 Å². The third kappa shape index (κ3) is 3.72. The van der Waals surface area contributed by atoms with Gasteiger partial charge >= 0.3 is 0 Å². The van der Waals surface area contributed by atoms with Gasteiger partial charge in [0.25, 0.3) is 5.91 Å². The Hall–Kier alpha value is -2.08. The minimum atomic E-state index is -0.290. The Bertz CT molecular complexity index is 545. The lowest BCUT2D eigenvalue weighted by atomic mass is 10.1. The van der Waals surface area contributed by atoms with Crippen molar-refractivity contribution < 1.29 is 14.3 Å². The van der Waals surface area contributed by atoms with E-state index in [2.05, 4.69) is 16.0 Å². The molecule has 2 atom stereocenters. The van der Waals surface area contributed by atoms with E-state index in [-0.39, 0.29) is 30.5 Å². The normalized spacial score (nSPS) is 16.2. The molecule has 0 spiro atoms. The maximum Gasteiger partial charge on any atom is 0.262 e. The van der Waals surface area contributed by atoms with Crippen LogP contribution in [0.15, 0.2) is 18.2 Å². The average Bonchev–Trinajstić information content (AvgIpc) is 2.46. The molecule has 2 amide bonds. The Kier molecular flexibility index (Phi) is 4.80. The van der Waals surface area contributed by atoms with Crippen molar-refractivity contribution >= 4 is 17.5 Å². The van der Waals surface area contributed by atoms with Gasteiger partial charge in [0.1, 0.15) is 5.75 Å². The van der Waals surface area contributed by atoms with Gasteiger partial charge in [-0.25, -0.2) is 0 Å². The summed E-state index contributed by atoms with van der Waals surface area (Å²) in [5.41, 5.74) is 1.65. The molecule has 0 saturated carbocycles. The summed E-state index contributed by atoms with van der Waals surface area (Å²) in [7, 11) is 0. The lowest BCUT2D eigenvalue weighted by Crippen LogP contribution is -2.43. The molecule has 1 heterocycles. The van der Waals surface area contributed by atoms with Gasteiger partial charge in [-0.05, 0) is 38.5 Å². The summed E-state index contributed by atoms with van der Waals surface area (Å²) < 4.78 is 5.33. The number of rotatable bonds is 5. The molecule has 0 aliphatic carbocycles. The SMILES string of the molecule is CCNC(=O)C(C)NC(C)c1ccc2c(c1)NC(=O)CO2. The largest absolute Gasteiger partial charge is 0.482 e. The van der Waals surface area contributed by atoms with Gasteiger partial charge in [-0.3, -0.25) is 14.9 Å². The Morgan fingerprint density at radius 1 is 1.43 bits per heavy atom. The molecule has 2 rings (SSSR count). The molecule has 0 radical (unpaired) electrons. The number of benzene rings is 1. The highest BCUT2D eigenvalue weighted by Gasteiger charge is 2.19. The van der Waals surface area contributed by atoms with Crippen LogP contribution < -0.4 is 20.7 Å². The average molecular weight is 291 g/mol. The molecule has 21 heavy (non-hydrogen) atoms. The summed E-state index contributed by atoms with van der Waals surface area (Å²) in [6.07, 6.45) is 0. The van der Waals surface area contributed by atoms with Crippen molar-refractivity contribution in [3.8, 4) is 5.75 Å². The number of fused-ring (bicyclic) bond motifs is 1. The Balaban J connectivity index is 2.06. The zero-order valence-electron chi connectivity index (χ0n) is 12.5. The van der Waals surface area contributed by atoms with Gasteiger partial charge in [-0.15, -0.1) is 0 Å². The van der Waals surface area contributed by atoms with Gasteiger partial charge in [0, 0.05) is 12.6 Å². The fourth-order valence-corrected chi connectivity index (χ4v) is 2.24. The lowest BCUT2D eigenvalue weighted by Gasteiger charge is -2.23. The molecule has 0 saturated heterocycles. The minimum Gasteiger partial charge on any atom is -0.482 e. The topological polar surface area (TPSA) is 79.5 Å². The highest BCUT2D eigenvalue weighted by molar-refractivity contribution is 5.95. The van der Waals surface area contributed by atoms with Gasteiger partial charge in [0.15, 0.2) is 6.61 Å². The Morgan fingerprint density at radius 3 is 2.90 bits per heavy atom. The van der Waals surface area contributed by atoms with E-state index in [0.717, 1.165) is 5.56 Å². The summed E-state index contributed by atoms with van der Waals surface area (Å²) in [5, 5.41) is 8.79. The summed E-state index contributed by atoms with van der Waals surface area (Å²) in [4.78, 5) is 23.1. The van der Waals surface area contributed by atoms with E-state index >= 15 is 0 Å². The second kappa shape index (κ2) is 6.58. The zero-order valence-corrected chi connectivity index (χ0v) is 12.5. The summed E-state index contributed by atoms with van der Waals surface area (Å²) in [5.74, 6) is 0.484. The smallest absolute Gasteiger partial charge is 0.262 e. The van der Waals surface area contributed by atoms with Crippen LogP contribution in [0.1, 0.15) is 32.4 Å². The summed E-state index contributed by atoms with van der Waals surface area (Å²) in [6, 6.07) is 5.32. The number of carbonyl (C=O) groups excluding carboxylic acids is 2.